The summed E-state index contributed by atoms with van der Waals surface area (Å²) in [5.74, 6) is -0.620. The normalized spacial score (nSPS) is 13.9. The molecule has 0 aliphatic carbocycles. The molecule has 3 aromatic rings. The van der Waals surface area contributed by atoms with Gasteiger partial charge in [-0.3, -0.25) is 9.69 Å². The van der Waals surface area contributed by atoms with E-state index in [1.54, 1.807) is 52.3 Å². The second-order valence-electron chi connectivity index (χ2n) is 7.78. The highest BCUT2D eigenvalue weighted by molar-refractivity contribution is 6.30. The molecule has 3 amide bonds. The highest BCUT2D eigenvalue weighted by atomic mass is 35.5. The molecule has 0 radical (unpaired) electrons. The lowest BCUT2D eigenvalue weighted by atomic mass is 10.1. The monoisotopic (exact) mass is 451 g/mol. The molecular weight excluding hydrogens is 429 g/mol. The fraction of sp³-hybridized carbons (Fsp3) is 0.200. The lowest BCUT2D eigenvalue weighted by Crippen LogP contribution is -2.49. The smallest absolute Gasteiger partial charge is 0.320 e. The minimum atomic E-state index is -0.330. The summed E-state index contributed by atoms with van der Waals surface area (Å²) in [7, 11) is 0. The molecule has 1 saturated heterocycles. The Morgan fingerprint density at radius 1 is 1.06 bits per heavy atom. The number of hydrogen-bond donors (Lipinski definition) is 1. The summed E-state index contributed by atoms with van der Waals surface area (Å²) in [5, 5.41) is 3.47. The van der Waals surface area contributed by atoms with Crippen molar-refractivity contribution in [2.45, 2.75) is 19.9 Å². The third-order valence-corrected chi connectivity index (χ3v) is 5.68. The summed E-state index contributed by atoms with van der Waals surface area (Å²) in [6, 6.07) is 18.4. The van der Waals surface area contributed by atoms with Gasteiger partial charge < -0.3 is 10.2 Å². The molecule has 4 rings (SSSR count). The number of halogens is 2. The third kappa shape index (κ3) is 4.75. The summed E-state index contributed by atoms with van der Waals surface area (Å²) < 4.78 is 14.1. The van der Waals surface area contributed by atoms with Crippen LogP contribution < -0.4 is 10.2 Å². The van der Waals surface area contributed by atoms with E-state index in [1.165, 1.54) is 6.07 Å². The lowest BCUT2D eigenvalue weighted by Gasteiger charge is -2.36. The number of nitrogens with zero attached hydrogens (tertiary/aromatic N) is 2. The molecule has 5 nitrogen and oxygen atoms in total. The van der Waals surface area contributed by atoms with Crippen molar-refractivity contribution < 1.29 is 14.0 Å². The van der Waals surface area contributed by atoms with Gasteiger partial charge in [0.25, 0.3) is 5.91 Å². The first kappa shape index (κ1) is 21.8. The first-order chi connectivity index (χ1) is 15.4. The summed E-state index contributed by atoms with van der Waals surface area (Å²) in [6.07, 6.45) is 0.735. The first-order valence-corrected chi connectivity index (χ1v) is 10.8. The zero-order valence-electron chi connectivity index (χ0n) is 17.6. The SMILES string of the molecule is Cc1ccc(N2CCCN(Cc3ccccc3F)C2=O)c(NC(=O)c2ccc(Cl)cc2)c1. The standard InChI is InChI=1S/C25H23ClFN3O2/c1-17-7-12-23(22(15-17)28-24(31)18-8-10-20(26)11-9-18)30-14-4-13-29(25(30)32)16-19-5-2-3-6-21(19)27/h2-3,5-12,15H,4,13-14,16H2,1H3,(H,28,31). The molecule has 32 heavy (non-hydrogen) atoms. The fourth-order valence-electron chi connectivity index (χ4n) is 3.77. The number of amides is 3. The molecule has 1 fully saturated rings. The van der Waals surface area contributed by atoms with Crippen molar-refractivity contribution in [1.82, 2.24) is 4.90 Å². The van der Waals surface area contributed by atoms with Crippen LogP contribution in [-0.2, 0) is 6.54 Å². The Hall–Kier alpha value is -3.38. The molecule has 0 spiro atoms. The van der Waals surface area contributed by atoms with Gasteiger partial charge in [0.1, 0.15) is 5.82 Å². The van der Waals surface area contributed by atoms with Gasteiger partial charge in [0.05, 0.1) is 17.9 Å². The van der Waals surface area contributed by atoms with Crippen molar-refractivity contribution in [3.63, 3.8) is 0 Å². The number of carbonyl (C=O) groups is 2. The van der Waals surface area contributed by atoms with Crippen LogP contribution in [0.3, 0.4) is 0 Å². The molecule has 164 valence electrons. The van der Waals surface area contributed by atoms with Crippen LogP contribution in [0.2, 0.25) is 5.02 Å². The molecule has 1 aliphatic heterocycles. The zero-order valence-corrected chi connectivity index (χ0v) is 18.4. The number of benzene rings is 3. The van der Waals surface area contributed by atoms with Gasteiger partial charge in [0, 0.05) is 29.2 Å². The molecule has 0 saturated carbocycles. The number of hydrogen-bond acceptors (Lipinski definition) is 2. The number of nitrogens with one attached hydrogen (secondary N) is 1. The fourth-order valence-corrected chi connectivity index (χ4v) is 3.89. The Morgan fingerprint density at radius 2 is 1.81 bits per heavy atom. The average Bonchev–Trinajstić information content (AvgIpc) is 2.77. The maximum atomic E-state index is 14.1. The number of carbonyl (C=O) groups excluding carboxylic acids is 2. The second-order valence-corrected chi connectivity index (χ2v) is 8.22. The summed E-state index contributed by atoms with van der Waals surface area (Å²) in [5.41, 5.74) is 3.05. The largest absolute Gasteiger partial charge is 0.324 e. The molecule has 0 atom stereocenters. The van der Waals surface area contributed by atoms with Crippen LogP contribution in [-0.4, -0.2) is 29.9 Å². The van der Waals surface area contributed by atoms with E-state index in [0.29, 0.717) is 40.6 Å². The van der Waals surface area contributed by atoms with E-state index in [2.05, 4.69) is 5.32 Å². The van der Waals surface area contributed by atoms with E-state index < -0.39 is 0 Å². The van der Waals surface area contributed by atoms with Gasteiger partial charge in [0.2, 0.25) is 0 Å². The van der Waals surface area contributed by atoms with E-state index in [9.17, 15) is 14.0 Å². The molecule has 1 heterocycles. The van der Waals surface area contributed by atoms with Crippen LogP contribution in [0.1, 0.15) is 27.9 Å². The third-order valence-electron chi connectivity index (χ3n) is 5.43. The van der Waals surface area contributed by atoms with Gasteiger partial charge in [-0.1, -0.05) is 35.9 Å². The Morgan fingerprint density at radius 3 is 2.56 bits per heavy atom. The lowest BCUT2D eigenvalue weighted by molar-refractivity contribution is 0.102. The summed E-state index contributed by atoms with van der Waals surface area (Å²) >= 11 is 5.92. The zero-order chi connectivity index (χ0) is 22.7. The van der Waals surface area contributed by atoms with E-state index >= 15 is 0 Å². The van der Waals surface area contributed by atoms with Gasteiger partial charge in [-0.05, 0) is 61.4 Å². The molecule has 3 aromatic carbocycles. The highest BCUT2D eigenvalue weighted by Gasteiger charge is 2.29. The van der Waals surface area contributed by atoms with Gasteiger partial charge in [-0.15, -0.1) is 0 Å². The highest BCUT2D eigenvalue weighted by Crippen LogP contribution is 2.31. The molecule has 0 bridgehead atoms. The molecule has 7 heteroatoms. The Bertz CT molecular complexity index is 1150. The van der Waals surface area contributed by atoms with Crippen LogP contribution >= 0.6 is 11.6 Å². The van der Waals surface area contributed by atoms with Crippen LogP contribution in [0.4, 0.5) is 20.6 Å². The van der Waals surface area contributed by atoms with Gasteiger partial charge >= 0.3 is 6.03 Å². The van der Waals surface area contributed by atoms with E-state index in [-0.39, 0.29) is 24.3 Å². The topological polar surface area (TPSA) is 52.6 Å². The molecular formula is C25H23ClFN3O2. The van der Waals surface area contributed by atoms with Crippen LogP contribution in [0.5, 0.6) is 0 Å². The predicted octanol–water partition coefficient (Wildman–Crippen LogP) is 5.87. The number of rotatable bonds is 5. The minimum absolute atomic E-state index is 0.195. The summed E-state index contributed by atoms with van der Waals surface area (Å²) in [4.78, 5) is 29.3. The molecule has 0 unspecified atom stereocenters. The first-order valence-electron chi connectivity index (χ1n) is 10.4. The van der Waals surface area contributed by atoms with Crippen molar-refractivity contribution in [2.24, 2.45) is 0 Å². The van der Waals surface area contributed by atoms with Crippen LogP contribution in [0, 0.1) is 12.7 Å². The van der Waals surface area contributed by atoms with Crippen molar-refractivity contribution in [3.05, 3.63) is 94.3 Å². The average molecular weight is 452 g/mol. The van der Waals surface area contributed by atoms with Gasteiger partial charge in [-0.25, -0.2) is 9.18 Å². The van der Waals surface area contributed by atoms with Gasteiger partial charge in [-0.2, -0.15) is 0 Å². The van der Waals surface area contributed by atoms with E-state index in [1.807, 2.05) is 25.1 Å². The maximum Gasteiger partial charge on any atom is 0.324 e. The van der Waals surface area contributed by atoms with Crippen LogP contribution in [0.15, 0.2) is 66.7 Å². The number of urea groups is 1. The van der Waals surface area contributed by atoms with Crippen molar-refractivity contribution in [2.75, 3.05) is 23.3 Å². The number of aryl methyl sites for hydroxylation is 1. The van der Waals surface area contributed by atoms with E-state index in [4.69, 9.17) is 11.6 Å². The maximum absolute atomic E-state index is 14.1. The minimum Gasteiger partial charge on any atom is -0.320 e. The van der Waals surface area contributed by atoms with E-state index in [0.717, 1.165) is 12.0 Å². The number of anilines is 2. The Labute approximate surface area is 191 Å². The van der Waals surface area contributed by atoms with Crippen molar-refractivity contribution >= 4 is 34.9 Å². The summed E-state index contributed by atoms with van der Waals surface area (Å²) in [6.45, 7) is 3.17. The van der Waals surface area contributed by atoms with Crippen molar-refractivity contribution in [1.29, 1.82) is 0 Å². The molecule has 0 aromatic heterocycles. The van der Waals surface area contributed by atoms with Gasteiger partial charge in [0.15, 0.2) is 0 Å². The quantitative estimate of drug-likeness (QED) is 0.527. The van der Waals surface area contributed by atoms with Crippen molar-refractivity contribution in [3.8, 4) is 0 Å². The predicted molar refractivity (Wildman–Crippen MR) is 125 cm³/mol. The second kappa shape index (κ2) is 9.40. The Balaban J connectivity index is 1.58. The Kier molecular flexibility index (Phi) is 6.42. The molecule has 1 N–H and O–H groups in total. The van der Waals surface area contributed by atoms with Crippen LogP contribution in [0.25, 0.3) is 0 Å². The molecule has 1 aliphatic rings.